The first-order valence-electron chi connectivity index (χ1n) is 10.3. The van der Waals surface area contributed by atoms with E-state index in [0.717, 1.165) is 0 Å². The van der Waals surface area contributed by atoms with Crippen molar-refractivity contribution in [2.75, 3.05) is 6.61 Å². The van der Waals surface area contributed by atoms with Crippen molar-refractivity contribution >= 4 is 21.9 Å². The van der Waals surface area contributed by atoms with Gasteiger partial charge in [0.2, 0.25) is 0 Å². The zero-order chi connectivity index (χ0) is 23.6. The standard InChI is InChI=1S/C21H37NO7S/c1-17(2,3)28-15(23)21(11-12-21)30(25,26)19(7,8)14-13-27-20(9,10)22(14)16(24)29-18(4,5)6/h14H,11-13H2,1-10H3. The highest BCUT2D eigenvalue weighted by Gasteiger charge is 2.69. The minimum atomic E-state index is -4.05. The van der Waals surface area contributed by atoms with Crippen LogP contribution >= 0.6 is 0 Å². The molecule has 2 fully saturated rings. The van der Waals surface area contributed by atoms with E-state index in [-0.39, 0.29) is 19.4 Å². The van der Waals surface area contributed by atoms with Gasteiger partial charge in [0.15, 0.2) is 14.6 Å². The van der Waals surface area contributed by atoms with E-state index in [9.17, 15) is 18.0 Å². The molecule has 1 heterocycles. The summed E-state index contributed by atoms with van der Waals surface area (Å²) in [6.45, 7) is 16.8. The Kier molecular flexibility index (Phi) is 5.88. The number of sulfone groups is 1. The van der Waals surface area contributed by atoms with Crippen molar-refractivity contribution in [3.05, 3.63) is 0 Å². The van der Waals surface area contributed by atoms with E-state index in [0.29, 0.717) is 0 Å². The zero-order valence-electron chi connectivity index (χ0n) is 19.9. The van der Waals surface area contributed by atoms with Gasteiger partial charge in [0.1, 0.15) is 16.9 Å². The van der Waals surface area contributed by atoms with Gasteiger partial charge in [-0.1, -0.05) is 0 Å². The Balaban J connectivity index is 2.43. The summed E-state index contributed by atoms with van der Waals surface area (Å²) in [6, 6.07) is -0.827. The average molecular weight is 448 g/mol. The van der Waals surface area contributed by atoms with Crippen molar-refractivity contribution in [1.29, 1.82) is 0 Å². The van der Waals surface area contributed by atoms with E-state index in [1.165, 1.54) is 4.90 Å². The van der Waals surface area contributed by atoms with Gasteiger partial charge in [-0.25, -0.2) is 13.2 Å². The van der Waals surface area contributed by atoms with Gasteiger partial charge >= 0.3 is 12.1 Å². The van der Waals surface area contributed by atoms with Crippen LogP contribution < -0.4 is 0 Å². The summed E-state index contributed by atoms with van der Waals surface area (Å²) < 4.78 is 41.3. The fourth-order valence-electron chi connectivity index (χ4n) is 3.72. The largest absolute Gasteiger partial charge is 0.459 e. The zero-order valence-corrected chi connectivity index (χ0v) is 20.7. The molecule has 2 aliphatic rings. The second kappa shape index (κ2) is 7.08. The molecule has 2 rings (SSSR count). The van der Waals surface area contributed by atoms with Gasteiger partial charge in [-0.3, -0.25) is 9.69 Å². The van der Waals surface area contributed by atoms with Gasteiger partial charge in [-0.05, 0) is 82.1 Å². The van der Waals surface area contributed by atoms with Gasteiger partial charge in [0, 0.05) is 0 Å². The first kappa shape index (κ1) is 24.9. The lowest BCUT2D eigenvalue weighted by atomic mass is 10.0. The Bertz CT molecular complexity index is 811. The maximum atomic E-state index is 13.8. The lowest BCUT2D eigenvalue weighted by Gasteiger charge is -2.41. The Morgan fingerprint density at radius 2 is 1.40 bits per heavy atom. The minimum Gasteiger partial charge on any atom is -0.459 e. The number of carbonyl (C=O) groups is 2. The number of hydrogen-bond acceptors (Lipinski definition) is 7. The van der Waals surface area contributed by atoms with Crippen LogP contribution in [0.15, 0.2) is 0 Å². The van der Waals surface area contributed by atoms with E-state index in [1.807, 2.05) is 0 Å². The number of nitrogens with zero attached hydrogens (tertiary/aromatic N) is 1. The van der Waals surface area contributed by atoms with Crippen LogP contribution in [-0.4, -0.2) is 64.5 Å². The number of ether oxygens (including phenoxy) is 3. The summed E-state index contributed by atoms with van der Waals surface area (Å²) in [5.41, 5.74) is -2.60. The van der Waals surface area contributed by atoms with Crippen LogP contribution in [-0.2, 0) is 28.8 Å². The molecule has 1 aliphatic carbocycles. The molecule has 0 spiro atoms. The molecule has 0 radical (unpaired) electrons. The predicted octanol–water partition coefficient (Wildman–Crippen LogP) is 3.43. The summed E-state index contributed by atoms with van der Waals surface area (Å²) >= 11 is 0. The highest BCUT2D eigenvalue weighted by Crippen LogP contribution is 2.52. The summed E-state index contributed by atoms with van der Waals surface area (Å²) in [6.07, 6.45) is -0.242. The lowest BCUT2D eigenvalue weighted by molar-refractivity contribution is -0.155. The molecule has 0 N–H and O–H groups in total. The third-order valence-electron chi connectivity index (χ3n) is 5.56. The molecule has 0 bridgehead atoms. The molecular weight excluding hydrogens is 410 g/mol. The van der Waals surface area contributed by atoms with Crippen molar-refractivity contribution in [1.82, 2.24) is 4.90 Å². The van der Waals surface area contributed by atoms with Crippen LogP contribution in [0.25, 0.3) is 0 Å². The van der Waals surface area contributed by atoms with Crippen molar-refractivity contribution in [2.45, 2.75) is 115 Å². The molecule has 1 amide bonds. The van der Waals surface area contributed by atoms with Gasteiger partial charge in [-0.15, -0.1) is 0 Å². The van der Waals surface area contributed by atoms with Crippen LogP contribution in [0, 0.1) is 0 Å². The normalized spacial score (nSPS) is 23.8. The Labute approximate surface area is 180 Å². The third-order valence-corrected chi connectivity index (χ3v) is 8.82. The number of amides is 1. The van der Waals surface area contributed by atoms with Crippen LogP contribution in [0.4, 0.5) is 4.79 Å². The van der Waals surface area contributed by atoms with Gasteiger partial charge in [0.05, 0.1) is 17.4 Å². The van der Waals surface area contributed by atoms with Crippen LogP contribution in [0.2, 0.25) is 0 Å². The number of rotatable bonds is 4. The minimum absolute atomic E-state index is 0.0167. The van der Waals surface area contributed by atoms with Crippen molar-refractivity contribution < 1.29 is 32.2 Å². The predicted molar refractivity (Wildman–Crippen MR) is 113 cm³/mol. The highest BCUT2D eigenvalue weighted by molar-refractivity contribution is 7.95. The number of carbonyl (C=O) groups excluding carboxylic acids is 2. The summed E-state index contributed by atoms with van der Waals surface area (Å²) in [5.74, 6) is -0.731. The monoisotopic (exact) mass is 447 g/mol. The first-order chi connectivity index (χ1) is 13.2. The molecule has 0 aromatic carbocycles. The molecule has 1 saturated carbocycles. The molecule has 174 valence electrons. The number of esters is 1. The second-order valence-corrected chi connectivity index (χ2v) is 14.1. The molecule has 30 heavy (non-hydrogen) atoms. The summed E-state index contributed by atoms with van der Waals surface area (Å²) in [5, 5.41) is 0. The maximum Gasteiger partial charge on any atom is 0.412 e. The van der Waals surface area contributed by atoms with Crippen molar-refractivity contribution in [2.24, 2.45) is 0 Å². The second-order valence-electron chi connectivity index (χ2n) is 11.2. The molecule has 1 saturated heterocycles. The molecule has 1 aliphatic heterocycles. The van der Waals surface area contributed by atoms with Gasteiger partial charge in [0.25, 0.3) is 0 Å². The quantitative estimate of drug-likeness (QED) is 0.609. The van der Waals surface area contributed by atoms with Gasteiger partial charge in [-0.2, -0.15) is 0 Å². The Morgan fingerprint density at radius 1 is 0.933 bits per heavy atom. The number of hydrogen-bond donors (Lipinski definition) is 0. The molecular formula is C21H37NO7S. The molecule has 1 atom stereocenters. The Morgan fingerprint density at radius 3 is 1.80 bits per heavy atom. The summed E-state index contributed by atoms with van der Waals surface area (Å²) in [7, 11) is -4.05. The molecule has 0 aromatic rings. The van der Waals surface area contributed by atoms with Gasteiger partial charge < -0.3 is 14.2 Å². The van der Waals surface area contributed by atoms with E-state index in [2.05, 4.69) is 0 Å². The fraction of sp³-hybridized carbons (Fsp3) is 0.905. The van der Waals surface area contributed by atoms with E-state index < -0.39 is 54.4 Å². The molecule has 9 heteroatoms. The summed E-state index contributed by atoms with van der Waals surface area (Å²) in [4.78, 5) is 27.2. The topological polar surface area (TPSA) is 99.2 Å². The SMILES string of the molecule is CC(C)(C)OC(=O)N1C(C(C)(C)S(=O)(=O)C2(C(=O)OC(C)(C)C)CC2)COC1(C)C. The first-order valence-corrected chi connectivity index (χ1v) is 11.8. The van der Waals surface area contributed by atoms with Crippen molar-refractivity contribution in [3.63, 3.8) is 0 Å². The highest BCUT2D eigenvalue weighted by atomic mass is 32.2. The van der Waals surface area contributed by atoms with Crippen molar-refractivity contribution in [3.8, 4) is 0 Å². The van der Waals surface area contributed by atoms with E-state index >= 15 is 0 Å². The van der Waals surface area contributed by atoms with E-state index in [1.54, 1.807) is 69.2 Å². The Hall–Kier alpha value is -1.35. The molecule has 8 nitrogen and oxygen atoms in total. The van der Waals surface area contributed by atoms with E-state index in [4.69, 9.17) is 14.2 Å². The fourth-order valence-corrected chi connectivity index (χ4v) is 6.16. The van der Waals surface area contributed by atoms with Crippen LogP contribution in [0.5, 0.6) is 0 Å². The molecule has 1 unspecified atom stereocenters. The molecule has 0 aromatic heterocycles. The van der Waals surface area contributed by atoms with Crippen LogP contribution in [0.1, 0.15) is 82.1 Å². The lowest BCUT2D eigenvalue weighted by Crippen LogP contribution is -2.61. The maximum absolute atomic E-state index is 13.8. The third kappa shape index (κ3) is 4.33. The average Bonchev–Trinajstić information content (AvgIpc) is 3.23. The van der Waals surface area contributed by atoms with Crippen LogP contribution in [0.3, 0.4) is 0 Å². The smallest absolute Gasteiger partial charge is 0.412 e.